The molecule has 0 aromatic heterocycles. The molecule has 23 N–H and O–H groups in total. The molecular weight excluding hydrogens is 1220 g/mol. The summed E-state index contributed by atoms with van der Waals surface area (Å²) in [6.45, 7) is -7.63. The Hall–Kier alpha value is -1.89. The van der Waals surface area contributed by atoms with Gasteiger partial charge < -0.3 is 198 Å². The number of carbonyl (C=O) groups excluding carboxylic acids is 1. The van der Waals surface area contributed by atoms with E-state index in [1.807, 2.05) is 0 Å². The van der Waals surface area contributed by atoms with Crippen molar-refractivity contribution in [2.75, 3.05) is 46.2 Å². The maximum absolute atomic E-state index is 12.5. The third-order valence-corrected chi connectivity index (χ3v) is 16.8. The number of ether oxygens (including phenoxy) is 16. The molecule has 16 bridgehead atoms. The van der Waals surface area contributed by atoms with Crippen molar-refractivity contribution in [2.24, 2.45) is 0 Å². The molecule has 30 fully saturated rings. The van der Waals surface area contributed by atoms with Gasteiger partial charge in [0.2, 0.25) is 0 Å². The lowest BCUT2D eigenvalue weighted by Gasteiger charge is -2.50. The minimum absolute atomic E-state index is 0.0186. The Kier molecular flexibility index (Phi) is 23.9. The van der Waals surface area contributed by atoms with E-state index in [0.717, 1.165) is 0 Å². The first-order chi connectivity index (χ1) is 41.9. The normalized spacial score (nSPS) is 55.3. The molecule has 0 aromatic carbocycles. The van der Waals surface area contributed by atoms with Crippen molar-refractivity contribution in [3.8, 4) is 0 Å². The van der Waals surface area contributed by atoms with Gasteiger partial charge in [-0.25, -0.2) is 0 Å². The molecule has 30 aliphatic rings. The fourth-order valence-electron chi connectivity index (χ4n) is 11.8. The molecule has 30 aliphatic heterocycles. The van der Waals surface area contributed by atoms with Gasteiger partial charge in [-0.3, -0.25) is 0 Å². The molecule has 0 spiro atoms. The molecule has 40 nitrogen and oxygen atoms in total. The number of rotatable bonds is 8. The summed E-state index contributed by atoms with van der Waals surface area (Å²) in [5, 5.41) is 254. The second-order valence-electron chi connectivity index (χ2n) is 22.3. The summed E-state index contributed by atoms with van der Waals surface area (Å²) >= 11 is 0. The van der Waals surface area contributed by atoms with Gasteiger partial charge in [0.15, 0.2) is 56.6 Å². The van der Waals surface area contributed by atoms with Crippen molar-refractivity contribution in [2.45, 2.75) is 246 Å². The van der Waals surface area contributed by atoms with Crippen LogP contribution in [-0.2, 0) is 80.6 Å². The third kappa shape index (κ3) is 13.7. The van der Waals surface area contributed by atoms with E-state index < -0.39 is 292 Å². The van der Waals surface area contributed by atoms with Crippen LogP contribution in [-0.4, -0.2) is 416 Å². The Balaban J connectivity index is 0.976. The molecule has 0 aromatic rings. The molecule has 40 heteroatoms. The van der Waals surface area contributed by atoms with Gasteiger partial charge in [-0.1, -0.05) is 0 Å². The van der Waals surface area contributed by atoms with Crippen LogP contribution in [0, 0.1) is 0 Å². The van der Waals surface area contributed by atoms with Crippen LogP contribution in [0.15, 0.2) is 0 Å². The van der Waals surface area contributed by atoms with Crippen LogP contribution < -0.4 is 0 Å². The number of aliphatic hydroxyl groups is 23. The van der Waals surface area contributed by atoms with Gasteiger partial charge in [-0.05, 0) is 0 Å². The Morgan fingerprint density at radius 3 is 0.477 bits per heavy atom. The summed E-state index contributed by atoms with van der Waals surface area (Å²) in [4.78, 5) is 12.5. The van der Waals surface area contributed by atoms with Crippen LogP contribution in [0.4, 0.5) is 0 Å². The fraction of sp³-hybridized carbons (Fsp3) is 0.979. The first kappa shape index (κ1) is 70.4. The highest BCUT2D eigenvalue weighted by atomic mass is 16.8. The van der Waals surface area contributed by atoms with Gasteiger partial charge in [0, 0.05) is 0 Å². The Morgan fingerprint density at radius 1 is 0.193 bits per heavy atom. The Bertz CT molecular complexity index is 2160. The van der Waals surface area contributed by atoms with Crippen LogP contribution in [0.2, 0.25) is 0 Å². The molecule has 88 heavy (non-hydrogen) atoms. The fourth-order valence-corrected chi connectivity index (χ4v) is 11.8. The second-order valence-corrected chi connectivity index (χ2v) is 22.3. The number of aldehydes is 1. The van der Waals surface area contributed by atoms with Crippen molar-refractivity contribution in [1.82, 2.24) is 0 Å². The Labute approximate surface area is 495 Å². The number of carbonyl (C=O) groups is 1. The molecule has 510 valence electrons. The van der Waals surface area contributed by atoms with Gasteiger partial charge in [-0.2, -0.15) is 0 Å². The van der Waals surface area contributed by atoms with E-state index in [1.54, 1.807) is 0 Å². The molecular formula is C48H78O40. The predicted molar refractivity (Wildman–Crippen MR) is 260 cm³/mol. The summed E-state index contributed by atoms with van der Waals surface area (Å²) in [5.74, 6) is 0. The summed E-state index contributed by atoms with van der Waals surface area (Å²) < 4.78 is 90.7. The van der Waals surface area contributed by atoms with Gasteiger partial charge in [0.25, 0.3) is 0 Å². The lowest BCUT2D eigenvalue weighted by atomic mass is 9.95. The molecule has 0 saturated carbocycles. The van der Waals surface area contributed by atoms with E-state index >= 15 is 0 Å². The van der Waals surface area contributed by atoms with Crippen molar-refractivity contribution in [1.29, 1.82) is 0 Å². The SMILES string of the molecule is O=CC1OC2OC3C(CO)OC(OC4C(CO)OC(OC5C(CO)OC(OC6C(CO)OC(OC7C(CO)OC(OC8C(CO)OC(OC9C(CO)OC(OC1C(O)C2O)C(O)C9O)C(O)C8O)C(O)C7O)C(O)C6O)C(O)C5O)C(O)C4O)C(O)C3O. The quantitative estimate of drug-likeness (QED) is 0.100. The van der Waals surface area contributed by atoms with Crippen molar-refractivity contribution in [3.05, 3.63) is 0 Å². The van der Waals surface area contributed by atoms with Crippen LogP contribution >= 0.6 is 0 Å². The van der Waals surface area contributed by atoms with Crippen LogP contribution in [0.5, 0.6) is 0 Å². The smallest absolute Gasteiger partial charge is 0.187 e. The summed E-state index contributed by atoms with van der Waals surface area (Å²) in [6, 6.07) is 0. The lowest BCUT2D eigenvalue weighted by Crippen LogP contribution is -2.69. The van der Waals surface area contributed by atoms with Gasteiger partial charge in [0.1, 0.15) is 195 Å². The van der Waals surface area contributed by atoms with E-state index in [0.29, 0.717) is 0 Å². The lowest BCUT2D eigenvalue weighted by molar-refractivity contribution is -0.402. The maximum Gasteiger partial charge on any atom is 0.187 e. The second kappa shape index (κ2) is 29.8. The average molecular weight is 1300 g/mol. The molecule has 30 rings (SSSR count). The predicted octanol–water partition coefficient (Wildman–Crippen LogP) is -17.2. The first-order valence-electron chi connectivity index (χ1n) is 28.0. The van der Waals surface area contributed by atoms with Gasteiger partial charge >= 0.3 is 0 Å². The van der Waals surface area contributed by atoms with E-state index in [2.05, 4.69) is 0 Å². The van der Waals surface area contributed by atoms with E-state index in [4.69, 9.17) is 75.8 Å². The van der Waals surface area contributed by atoms with Gasteiger partial charge in [0.05, 0.1) is 46.2 Å². The van der Waals surface area contributed by atoms with Crippen molar-refractivity contribution >= 4 is 6.29 Å². The molecule has 30 saturated heterocycles. The third-order valence-electron chi connectivity index (χ3n) is 16.8. The summed E-state index contributed by atoms with van der Waals surface area (Å²) in [6.07, 6.45) is -82.9. The van der Waals surface area contributed by atoms with E-state index in [1.165, 1.54) is 0 Å². The van der Waals surface area contributed by atoms with E-state index in [-0.39, 0.29) is 6.29 Å². The largest absolute Gasteiger partial charge is 0.394 e. The molecule has 30 heterocycles. The number of aliphatic hydroxyl groups excluding tert-OH is 23. The van der Waals surface area contributed by atoms with Crippen molar-refractivity contribution in [3.63, 3.8) is 0 Å². The monoisotopic (exact) mass is 1290 g/mol. The molecule has 0 radical (unpaired) electrons. The highest BCUT2D eigenvalue weighted by Gasteiger charge is 2.60. The molecule has 0 aliphatic carbocycles. The summed E-state index contributed by atoms with van der Waals surface area (Å²) in [5.41, 5.74) is 0. The van der Waals surface area contributed by atoms with Gasteiger partial charge in [-0.15, -0.1) is 0 Å². The number of hydrogen-bond donors (Lipinski definition) is 23. The standard InChI is InChI=1S/C48H78O40/c49-1-9-33-17(57)25(65)41(73-9)82-34-10(2-50)75-43(27(67)19(34)59)84-36-12(4-52)77-45(29(69)21(36)61)86-38-14(6-54)79-47(31(71)23(38)63)88-40-16(8-56)80-48(32(72)24(40)64)87-39-15(7-55)78-46(30(70)22(39)62)85-37-13(5-53)76-44(28(68)20(37)60)83-35-11(3-51)74-42(81-33)26(66)18(35)58/h1,9-48,50-72H,2-8H2. The molecule has 0 amide bonds. The van der Waals surface area contributed by atoms with Crippen LogP contribution in [0.25, 0.3) is 0 Å². The zero-order chi connectivity index (χ0) is 64.1. The van der Waals surface area contributed by atoms with Crippen LogP contribution in [0.3, 0.4) is 0 Å². The Morgan fingerprint density at radius 2 is 0.330 bits per heavy atom. The van der Waals surface area contributed by atoms with Crippen LogP contribution in [0.1, 0.15) is 0 Å². The topological polar surface area (TPSA) is 630 Å². The van der Waals surface area contributed by atoms with Crippen molar-refractivity contribution < 1.29 is 198 Å². The van der Waals surface area contributed by atoms with E-state index in [9.17, 15) is 122 Å². The average Bonchev–Trinajstić information content (AvgIpc) is 0.985. The first-order valence-corrected chi connectivity index (χ1v) is 28.0. The number of hydrogen-bond acceptors (Lipinski definition) is 40. The zero-order valence-electron chi connectivity index (χ0n) is 45.8. The maximum atomic E-state index is 12.5. The highest BCUT2D eigenvalue weighted by Crippen LogP contribution is 2.39. The minimum atomic E-state index is -2.30. The molecule has 40 atom stereocenters. The zero-order valence-corrected chi connectivity index (χ0v) is 45.8. The molecule has 40 unspecified atom stereocenters. The summed E-state index contributed by atoms with van der Waals surface area (Å²) in [7, 11) is 0. The highest BCUT2D eigenvalue weighted by molar-refractivity contribution is 5.57. The minimum Gasteiger partial charge on any atom is -0.394 e.